The third-order valence-corrected chi connectivity index (χ3v) is 4.57. The molecule has 2 aromatic rings. The van der Waals surface area contributed by atoms with Crippen molar-refractivity contribution in [1.29, 1.82) is 0 Å². The number of nitrogens with zero attached hydrogens (tertiary/aromatic N) is 3. The Hall–Kier alpha value is -2.26. The Morgan fingerprint density at radius 3 is 3.09 bits per heavy atom. The quantitative estimate of drug-likeness (QED) is 0.802. The lowest BCUT2D eigenvalue weighted by Gasteiger charge is -2.20. The van der Waals surface area contributed by atoms with E-state index < -0.39 is 5.91 Å². The van der Waals surface area contributed by atoms with Crippen LogP contribution in [0.4, 0.5) is 0 Å². The van der Waals surface area contributed by atoms with Crippen LogP contribution in [0.15, 0.2) is 22.0 Å². The van der Waals surface area contributed by atoms with Gasteiger partial charge in [-0.3, -0.25) is 14.5 Å². The molecule has 3 rings (SSSR count). The molecule has 0 aliphatic carbocycles. The minimum Gasteiger partial charge on any atom is -0.363 e. The molecule has 0 radical (unpaired) electrons. The zero-order chi connectivity index (χ0) is 16.2. The highest BCUT2D eigenvalue weighted by Crippen LogP contribution is 2.30. The molecule has 1 aliphatic rings. The van der Waals surface area contributed by atoms with Crippen LogP contribution in [-0.4, -0.2) is 39.9 Å². The normalized spacial score (nSPS) is 18.2. The number of nitrogens with two attached hydrogens (primary N) is 1. The number of hydrogen-bond donors (Lipinski definition) is 2. The Morgan fingerprint density at radius 2 is 2.39 bits per heavy atom. The molecule has 2 amide bonds. The van der Waals surface area contributed by atoms with Gasteiger partial charge in [0, 0.05) is 4.88 Å². The molecule has 0 saturated carbocycles. The second kappa shape index (κ2) is 6.88. The summed E-state index contributed by atoms with van der Waals surface area (Å²) in [5.41, 5.74) is 5.13. The monoisotopic (exact) mass is 335 g/mol. The first kappa shape index (κ1) is 15.6. The first-order chi connectivity index (χ1) is 11.1. The highest BCUT2D eigenvalue weighted by molar-refractivity contribution is 7.09. The summed E-state index contributed by atoms with van der Waals surface area (Å²) in [6.07, 6.45) is 1.73. The Kier molecular flexibility index (Phi) is 4.68. The number of carbonyl (C=O) groups excluding carboxylic acids is 2. The molecule has 1 saturated heterocycles. The molecule has 9 heteroatoms. The van der Waals surface area contributed by atoms with E-state index in [1.165, 1.54) is 0 Å². The summed E-state index contributed by atoms with van der Waals surface area (Å²) < 4.78 is 5.11. The lowest BCUT2D eigenvalue weighted by Crippen LogP contribution is -2.36. The van der Waals surface area contributed by atoms with Crippen LogP contribution in [0.2, 0.25) is 0 Å². The van der Waals surface area contributed by atoms with E-state index in [1.54, 1.807) is 11.3 Å². The predicted octanol–water partition coefficient (Wildman–Crippen LogP) is 0.683. The van der Waals surface area contributed by atoms with Crippen molar-refractivity contribution in [2.75, 3.05) is 13.1 Å². The maximum atomic E-state index is 12.1. The van der Waals surface area contributed by atoms with Crippen LogP contribution in [0, 0.1) is 0 Å². The van der Waals surface area contributed by atoms with Gasteiger partial charge in [0.1, 0.15) is 0 Å². The average Bonchev–Trinajstić information content (AvgIpc) is 3.26. The topological polar surface area (TPSA) is 114 Å². The molecule has 3 heterocycles. The van der Waals surface area contributed by atoms with Gasteiger partial charge in [-0.05, 0) is 30.8 Å². The summed E-state index contributed by atoms with van der Waals surface area (Å²) in [5.74, 6) is -0.575. The minimum atomic E-state index is -0.724. The minimum absolute atomic E-state index is 0.0556. The van der Waals surface area contributed by atoms with Crippen molar-refractivity contribution in [2.24, 2.45) is 5.73 Å². The number of rotatable bonds is 6. The van der Waals surface area contributed by atoms with Crippen LogP contribution >= 0.6 is 11.3 Å². The molecule has 8 nitrogen and oxygen atoms in total. The number of primary amides is 1. The van der Waals surface area contributed by atoms with Gasteiger partial charge in [0.2, 0.25) is 11.8 Å². The number of likely N-dealkylation sites (tertiary alicyclic amines) is 1. The molecular weight excluding hydrogens is 318 g/mol. The SMILES string of the molecule is NC(=O)c1noc(C2CCCN2CC(=O)NCc2cccs2)n1. The van der Waals surface area contributed by atoms with Gasteiger partial charge >= 0.3 is 0 Å². The van der Waals surface area contributed by atoms with Crippen LogP contribution in [0.5, 0.6) is 0 Å². The molecule has 1 aliphatic heterocycles. The summed E-state index contributed by atoms with van der Waals surface area (Å²) in [7, 11) is 0. The van der Waals surface area contributed by atoms with E-state index in [4.69, 9.17) is 10.3 Å². The number of amides is 2. The van der Waals surface area contributed by atoms with Crippen LogP contribution in [-0.2, 0) is 11.3 Å². The molecule has 0 bridgehead atoms. The van der Waals surface area contributed by atoms with E-state index >= 15 is 0 Å². The predicted molar refractivity (Wildman–Crippen MR) is 82.5 cm³/mol. The molecule has 0 aromatic carbocycles. The Morgan fingerprint density at radius 1 is 1.52 bits per heavy atom. The van der Waals surface area contributed by atoms with Gasteiger partial charge in [0.25, 0.3) is 11.7 Å². The summed E-state index contributed by atoms with van der Waals surface area (Å²) in [6.45, 7) is 1.55. The van der Waals surface area contributed by atoms with Gasteiger partial charge in [-0.1, -0.05) is 11.2 Å². The number of carbonyl (C=O) groups is 2. The average molecular weight is 335 g/mol. The van der Waals surface area contributed by atoms with Gasteiger partial charge in [-0.25, -0.2) is 0 Å². The first-order valence-corrected chi connectivity index (χ1v) is 8.18. The molecule has 122 valence electrons. The van der Waals surface area contributed by atoms with Crippen molar-refractivity contribution >= 4 is 23.2 Å². The molecule has 0 spiro atoms. The zero-order valence-electron chi connectivity index (χ0n) is 12.4. The van der Waals surface area contributed by atoms with Crippen LogP contribution in [0.25, 0.3) is 0 Å². The van der Waals surface area contributed by atoms with E-state index in [1.807, 2.05) is 22.4 Å². The number of nitrogens with one attached hydrogen (secondary N) is 1. The van der Waals surface area contributed by atoms with E-state index in [0.29, 0.717) is 12.4 Å². The highest BCUT2D eigenvalue weighted by atomic mass is 32.1. The molecule has 2 aromatic heterocycles. The maximum absolute atomic E-state index is 12.1. The lowest BCUT2D eigenvalue weighted by atomic mass is 10.2. The van der Waals surface area contributed by atoms with Gasteiger partial charge < -0.3 is 15.6 Å². The second-order valence-electron chi connectivity index (χ2n) is 5.31. The van der Waals surface area contributed by atoms with Gasteiger partial charge in [-0.15, -0.1) is 11.3 Å². The lowest BCUT2D eigenvalue weighted by molar-refractivity contribution is -0.122. The summed E-state index contributed by atoms with van der Waals surface area (Å²) in [5, 5.41) is 8.43. The number of hydrogen-bond acceptors (Lipinski definition) is 7. The molecule has 1 fully saturated rings. The third-order valence-electron chi connectivity index (χ3n) is 3.70. The van der Waals surface area contributed by atoms with Gasteiger partial charge in [0.15, 0.2) is 0 Å². The van der Waals surface area contributed by atoms with E-state index in [9.17, 15) is 9.59 Å². The van der Waals surface area contributed by atoms with Crippen molar-refractivity contribution in [3.05, 3.63) is 34.1 Å². The van der Waals surface area contributed by atoms with E-state index in [2.05, 4.69) is 15.5 Å². The van der Waals surface area contributed by atoms with Crippen molar-refractivity contribution in [1.82, 2.24) is 20.4 Å². The van der Waals surface area contributed by atoms with E-state index in [-0.39, 0.29) is 24.3 Å². The molecule has 23 heavy (non-hydrogen) atoms. The number of thiophene rings is 1. The van der Waals surface area contributed by atoms with Gasteiger partial charge in [0.05, 0.1) is 19.1 Å². The fourth-order valence-electron chi connectivity index (χ4n) is 2.60. The molecule has 3 N–H and O–H groups in total. The van der Waals surface area contributed by atoms with Crippen molar-refractivity contribution in [2.45, 2.75) is 25.4 Å². The second-order valence-corrected chi connectivity index (χ2v) is 6.34. The van der Waals surface area contributed by atoms with Crippen molar-refractivity contribution < 1.29 is 14.1 Å². The van der Waals surface area contributed by atoms with Crippen LogP contribution < -0.4 is 11.1 Å². The van der Waals surface area contributed by atoms with Crippen LogP contribution in [0.1, 0.15) is 40.3 Å². The Labute approximate surface area is 136 Å². The fourth-order valence-corrected chi connectivity index (χ4v) is 3.25. The summed E-state index contributed by atoms with van der Waals surface area (Å²) >= 11 is 1.61. The standard InChI is InChI=1S/C14H17N5O3S/c15-12(21)13-17-14(22-18-13)10-4-1-5-19(10)8-11(20)16-7-9-3-2-6-23-9/h2-3,6,10H,1,4-5,7-8H2,(H2,15,21)(H,16,20). The van der Waals surface area contributed by atoms with Gasteiger partial charge in [-0.2, -0.15) is 4.98 Å². The summed E-state index contributed by atoms with van der Waals surface area (Å²) in [6, 6.07) is 3.78. The molecule has 1 unspecified atom stereocenters. The summed E-state index contributed by atoms with van der Waals surface area (Å²) in [4.78, 5) is 30.2. The Balaban J connectivity index is 1.57. The maximum Gasteiger partial charge on any atom is 0.290 e. The first-order valence-electron chi connectivity index (χ1n) is 7.30. The third kappa shape index (κ3) is 3.74. The van der Waals surface area contributed by atoms with Crippen molar-refractivity contribution in [3.63, 3.8) is 0 Å². The molecular formula is C14H17N5O3S. The Bertz CT molecular complexity index is 684. The number of aromatic nitrogens is 2. The largest absolute Gasteiger partial charge is 0.363 e. The fraction of sp³-hybridized carbons (Fsp3) is 0.429. The van der Waals surface area contributed by atoms with Crippen LogP contribution in [0.3, 0.4) is 0 Å². The smallest absolute Gasteiger partial charge is 0.290 e. The van der Waals surface area contributed by atoms with Crippen molar-refractivity contribution in [3.8, 4) is 0 Å². The highest BCUT2D eigenvalue weighted by Gasteiger charge is 2.32. The zero-order valence-corrected chi connectivity index (χ0v) is 13.2. The van der Waals surface area contributed by atoms with E-state index in [0.717, 1.165) is 24.3 Å². The molecule has 1 atom stereocenters.